The summed E-state index contributed by atoms with van der Waals surface area (Å²) in [4.78, 5) is 19.5. The van der Waals surface area contributed by atoms with Crippen LogP contribution in [0.5, 0.6) is 0 Å². The van der Waals surface area contributed by atoms with Crippen molar-refractivity contribution in [1.29, 1.82) is 0 Å². The van der Waals surface area contributed by atoms with Crippen LogP contribution in [0.1, 0.15) is 17.8 Å². The Kier molecular flexibility index (Phi) is 4.14. The van der Waals surface area contributed by atoms with Crippen LogP contribution in [0, 0.1) is 5.82 Å². The number of carbonyl (C=O) groups excluding carboxylic acids is 1. The number of nitrogens with one attached hydrogen (secondary N) is 2. The predicted octanol–water partition coefficient (Wildman–Crippen LogP) is 2.95. The number of carbonyl (C=O) groups is 1. The molecule has 1 heterocycles. The van der Waals surface area contributed by atoms with E-state index in [2.05, 4.69) is 15.3 Å². The Labute approximate surface area is 127 Å². The van der Waals surface area contributed by atoms with Crippen molar-refractivity contribution in [3.05, 3.63) is 65.7 Å². The number of nitrogens with zero attached hydrogens (tertiary/aromatic N) is 1. The summed E-state index contributed by atoms with van der Waals surface area (Å²) in [5, 5.41) is 2.82. The fraction of sp³-hybridized carbons (Fsp3) is 0.176. The summed E-state index contributed by atoms with van der Waals surface area (Å²) in [6, 6.07) is 13.9. The van der Waals surface area contributed by atoms with E-state index in [4.69, 9.17) is 0 Å². The number of benzene rings is 2. The molecule has 0 spiro atoms. The van der Waals surface area contributed by atoms with Crippen molar-refractivity contribution in [2.75, 3.05) is 0 Å². The molecule has 0 aliphatic heterocycles. The summed E-state index contributed by atoms with van der Waals surface area (Å²) in [7, 11) is 0. The van der Waals surface area contributed by atoms with E-state index < -0.39 is 0 Å². The molecule has 112 valence electrons. The number of H-pyrrole nitrogens is 1. The van der Waals surface area contributed by atoms with Crippen LogP contribution in [0.3, 0.4) is 0 Å². The largest absolute Gasteiger partial charge is 0.352 e. The normalized spacial score (nSPS) is 10.8. The van der Waals surface area contributed by atoms with Gasteiger partial charge in [0.25, 0.3) is 0 Å². The molecule has 5 heteroatoms. The summed E-state index contributed by atoms with van der Waals surface area (Å²) in [6.07, 6.45) is 0.922. The number of aromatic amines is 1. The minimum atomic E-state index is -0.278. The molecule has 0 unspecified atom stereocenters. The van der Waals surface area contributed by atoms with Gasteiger partial charge in [0, 0.05) is 19.4 Å². The van der Waals surface area contributed by atoms with Gasteiger partial charge in [-0.3, -0.25) is 4.79 Å². The number of hydrogen-bond donors (Lipinski definition) is 2. The van der Waals surface area contributed by atoms with Crippen LogP contribution in [0.25, 0.3) is 11.0 Å². The summed E-state index contributed by atoms with van der Waals surface area (Å²) in [5.41, 5.74) is 2.76. The molecular weight excluding hydrogens is 281 g/mol. The van der Waals surface area contributed by atoms with Gasteiger partial charge in [-0.2, -0.15) is 0 Å². The Bertz CT molecular complexity index is 747. The quantitative estimate of drug-likeness (QED) is 0.760. The average Bonchev–Trinajstić information content (AvgIpc) is 2.95. The number of halogens is 1. The first-order valence-electron chi connectivity index (χ1n) is 7.15. The van der Waals surface area contributed by atoms with Gasteiger partial charge in [-0.05, 0) is 29.8 Å². The minimum absolute atomic E-state index is 0.0511. The third kappa shape index (κ3) is 3.49. The van der Waals surface area contributed by atoms with Crippen LogP contribution in [0.4, 0.5) is 4.39 Å². The maximum Gasteiger partial charge on any atom is 0.220 e. The number of aryl methyl sites for hydroxylation is 1. The highest BCUT2D eigenvalue weighted by molar-refractivity contribution is 5.77. The molecule has 0 radical (unpaired) electrons. The highest BCUT2D eigenvalue weighted by Crippen LogP contribution is 2.11. The van der Waals surface area contributed by atoms with Crippen LogP contribution in [-0.2, 0) is 17.8 Å². The fourth-order valence-electron chi connectivity index (χ4n) is 2.25. The minimum Gasteiger partial charge on any atom is -0.352 e. The van der Waals surface area contributed by atoms with Gasteiger partial charge in [-0.25, -0.2) is 9.37 Å². The van der Waals surface area contributed by atoms with E-state index >= 15 is 0 Å². The van der Waals surface area contributed by atoms with Crippen molar-refractivity contribution in [1.82, 2.24) is 15.3 Å². The first-order valence-corrected chi connectivity index (χ1v) is 7.15. The molecular formula is C17H16FN3O. The Hall–Kier alpha value is -2.69. The van der Waals surface area contributed by atoms with Gasteiger partial charge < -0.3 is 10.3 Å². The smallest absolute Gasteiger partial charge is 0.220 e. The number of para-hydroxylation sites is 2. The Balaban J connectivity index is 1.50. The second kappa shape index (κ2) is 6.39. The van der Waals surface area contributed by atoms with Crippen molar-refractivity contribution in [2.45, 2.75) is 19.4 Å². The molecule has 4 nitrogen and oxygen atoms in total. The zero-order valence-corrected chi connectivity index (χ0v) is 12.0. The lowest BCUT2D eigenvalue weighted by Gasteiger charge is -2.04. The summed E-state index contributed by atoms with van der Waals surface area (Å²) in [6.45, 7) is 0.402. The number of fused-ring (bicyclic) bond motifs is 1. The molecule has 0 saturated heterocycles. The average molecular weight is 297 g/mol. The van der Waals surface area contributed by atoms with Gasteiger partial charge in [-0.15, -0.1) is 0 Å². The predicted molar refractivity (Wildman–Crippen MR) is 82.7 cm³/mol. The van der Waals surface area contributed by atoms with Gasteiger partial charge in [0.1, 0.15) is 11.6 Å². The zero-order chi connectivity index (χ0) is 15.4. The summed E-state index contributed by atoms with van der Waals surface area (Å²) >= 11 is 0. The van der Waals surface area contributed by atoms with Gasteiger partial charge >= 0.3 is 0 Å². The van der Waals surface area contributed by atoms with E-state index in [-0.39, 0.29) is 11.7 Å². The Morgan fingerprint density at radius 3 is 2.68 bits per heavy atom. The molecule has 2 N–H and O–H groups in total. The number of imidazole rings is 1. The van der Waals surface area contributed by atoms with E-state index in [1.807, 2.05) is 24.3 Å². The van der Waals surface area contributed by atoms with Gasteiger partial charge in [0.2, 0.25) is 5.91 Å². The van der Waals surface area contributed by atoms with Crippen LogP contribution in [-0.4, -0.2) is 15.9 Å². The molecule has 0 fully saturated rings. The van der Waals surface area contributed by atoms with Crippen molar-refractivity contribution in [2.24, 2.45) is 0 Å². The lowest BCUT2D eigenvalue weighted by atomic mass is 10.2. The molecule has 0 saturated carbocycles. The number of hydrogen-bond acceptors (Lipinski definition) is 2. The molecule has 2 aromatic carbocycles. The van der Waals surface area contributed by atoms with Crippen molar-refractivity contribution >= 4 is 16.9 Å². The lowest BCUT2D eigenvalue weighted by Crippen LogP contribution is -2.23. The maximum absolute atomic E-state index is 12.8. The molecule has 1 amide bonds. The maximum atomic E-state index is 12.8. The number of rotatable bonds is 5. The van der Waals surface area contributed by atoms with E-state index in [1.165, 1.54) is 12.1 Å². The Morgan fingerprint density at radius 1 is 1.14 bits per heavy atom. The third-order valence-electron chi connectivity index (χ3n) is 3.43. The topological polar surface area (TPSA) is 57.8 Å². The monoisotopic (exact) mass is 297 g/mol. The van der Waals surface area contributed by atoms with E-state index in [1.54, 1.807) is 12.1 Å². The second-order valence-corrected chi connectivity index (χ2v) is 5.10. The van der Waals surface area contributed by atoms with Crippen molar-refractivity contribution < 1.29 is 9.18 Å². The molecule has 0 bridgehead atoms. The van der Waals surface area contributed by atoms with Crippen molar-refractivity contribution in [3.63, 3.8) is 0 Å². The van der Waals surface area contributed by atoms with Crippen LogP contribution < -0.4 is 5.32 Å². The van der Waals surface area contributed by atoms with Gasteiger partial charge in [0.05, 0.1) is 11.0 Å². The van der Waals surface area contributed by atoms with Crippen molar-refractivity contribution in [3.8, 4) is 0 Å². The second-order valence-electron chi connectivity index (χ2n) is 5.10. The molecule has 22 heavy (non-hydrogen) atoms. The van der Waals surface area contributed by atoms with Gasteiger partial charge in [0.15, 0.2) is 0 Å². The molecule has 0 atom stereocenters. The molecule has 3 rings (SSSR count). The molecule has 3 aromatic rings. The first kappa shape index (κ1) is 14.3. The lowest BCUT2D eigenvalue weighted by molar-refractivity contribution is -0.121. The summed E-state index contributed by atoms with van der Waals surface area (Å²) in [5.74, 6) is 0.475. The standard InChI is InChI=1S/C17H16FN3O/c18-13-7-5-12(6-8-13)11-19-17(22)10-9-16-20-14-3-1-2-4-15(14)21-16/h1-8H,9-11H2,(H,19,22)(H,20,21). The van der Waals surface area contributed by atoms with Gasteiger partial charge in [-0.1, -0.05) is 24.3 Å². The van der Waals surface area contributed by atoms with Crippen LogP contribution >= 0.6 is 0 Å². The van der Waals surface area contributed by atoms with Crippen LogP contribution in [0.2, 0.25) is 0 Å². The highest BCUT2D eigenvalue weighted by atomic mass is 19.1. The fourth-order valence-corrected chi connectivity index (χ4v) is 2.25. The van der Waals surface area contributed by atoms with Crippen LogP contribution in [0.15, 0.2) is 48.5 Å². The van der Waals surface area contributed by atoms with E-state index in [0.717, 1.165) is 22.4 Å². The number of amides is 1. The molecule has 0 aliphatic carbocycles. The third-order valence-corrected chi connectivity index (χ3v) is 3.43. The SMILES string of the molecule is O=C(CCc1nc2ccccc2[nH]1)NCc1ccc(F)cc1. The first-order chi connectivity index (χ1) is 10.7. The Morgan fingerprint density at radius 2 is 1.91 bits per heavy atom. The van der Waals surface area contributed by atoms with E-state index in [9.17, 15) is 9.18 Å². The highest BCUT2D eigenvalue weighted by Gasteiger charge is 2.06. The molecule has 0 aliphatic rings. The van der Waals surface area contributed by atoms with E-state index in [0.29, 0.717) is 19.4 Å². The number of aromatic nitrogens is 2. The molecule has 1 aromatic heterocycles. The summed E-state index contributed by atoms with van der Waals surface area (Å²) < 4.78 is 12.8. The zero-order valence-electron chi connectivity index (χ0n) is 12.0.